The summed E-state index contributed by atoms with van der Waals surface area (Å²) in [4.78, 5) is 8.39. The number of nitrogens with zero attached hydrogens (tertiary/aromatic N) is 3. The second-order valence-corrected chi connectivity index (χ2v) is 4.28. The minimum atomic E-state index is -0.323. The molecular weight excluding hydrogens is 284 g/mol. The third-order valence-corrected chi connectivity index (χ3v) is 2.79. The van der Waals surface area contributed by atoms with Crippen LogP contribution in [-0.2, 0) is 0 Å². The minimum Gasteiger partial charge on any atom is -0.337 e. The molecule has 0 aliphatic heterocycles. The molecule has 2 aromatic rings. The van der Waals surface area contributed by atoms with Crippen molar-refractivity contribution in [1.82, 2.24) is 15.1 Å². The van der Waals surface area contributed by atoms with Gasteiger partial charge in [-0.25, -0.2) is 0 Å². The highest BCUT2D eigenvalue weighted by atomic mass is 79.9. The van der Waals surface area contributed by atoms with Crippen molar-refractivity contribution in [3.63, 3.8) is 0 Å². The number of hydrogen-bond acceptors (Lipinski definition) is 5. The lowest BCUT2D eigenvalue weighted by Gasteiger charge is -2.00. The van der Waals surface area contributed by atoms with Crippen molar-refractivity contribution in [2.45, 2.75) is 12.5 Å². The van der Waals surface area contributed by atoms with Crippen LogP contribution in [0.3, 0.4) is 0 Å². The van der Waals surface area contributed by atoms with Crippen molar-refractivity contribution in [2.75, 3.05) is 0 Å². The van der Waals surface area contributed by atoms with Gasteiger partial charge in [-0.15, -0.1) is 6.58 Å². The summed E-state index contributed by atoms with van der Waals surface area (Å²) < 4.78 is 5.90. The van der Waals surface area contributed by atoms with Crippen LogP contribution in [0.25, 0.3) is 11.5 Å². The molecule has 88 valence electrons. The number of pyridine rings is 1. The summed E-state index contributed by atoms with van der Waals surface area (Å²) >= 11 is 3.38. The van der Waals surface area contributed by atoms with Gasteiger partial charge in [0, 0.05) is 10.7 Å². The van der Waals surface area contributed by atoms with E-state index in [0.29, 0.717) is 23.8 Å². The average Bonchev–Trinajstić information content (AvgIpc) is 2.79. The Morgan fingerprint density at radius 2 is 2.41 bits per heavy atom. The normalized spacial score (nSPS) is 12.4. The fraction of sp³-hybridized carbons (Fsp3) is 0.182. The lowest BCUT2D eigenvalue weighted by Crippen LogP contribution is -2.09. The van der Waals surface area contributed by atoms with Crippen LogP contribution in [0.5, 0.6) is 0 Å². The van der Waals surface area contributed by atoms with Crippen LogP contribution in [0.4, 0.5) is 0 Å². The molecule has 1 unspecified atom stereocenters. The van der Waals surface area contributed by atoms with E-state index in [1.54, 1.807) is 12.3 Å². The van der Waals surface area contributed by atoms with Crippen LogP contribution in [0.15, 0.2) is 40.0 Å². The number of rotatable bonds is 4. The predicted octanol–water partition coefficient (Wildman–Crippen LogP) is 2.47. The largest absolute Gasteiger partial charge is 0.337 e. The molecule has 2 N–H and O–H groups in total. The molecule has 5 nitrogen and oxygen atoms in total. The predicted molar refractivity (Wildman–Crippen MR) is 67.0 cm³/mol. The number of hydrogen-bond donors (Lipinski definition) is 1. The molecule has 0 aliphatic rings. The molecule has 0 radical (unpaired) electrons. The van der Waals surface area contributed by atoms with Gasteiger partial charge in [-0.05, 0) is 34.5 Å². The Morgan fingerprint density at radius 3 is 3.12 bits per heavy atom. The van der Waals surface area contributed by atoms with Crippen LogP contribution in [0.2, 0.25) is 0 Å². The first-order valence-corrected chi connectivity index (χ1v) is 5.82. The van der Waals surface area contributed by atoms with E-state index in [4.69, 9.17) is 10.3 Å². The van der Waals surface area contributed by atoms with E-state index in [9.17, 15) is 0 Å². The van der Waals surface area contributed by atoms with Crippen LogP contribution < -0.4 is 5.73 Å². The highest BCUT2D eigenvalue weighted by molar-refractivity contribution is 9.10. The second-order valence-electron chi connectivity index (χ2n) is 3.42. The zero-order chi connectivity index (χ0) is 12.3. The summed E-state index contributed by atoms with van der Waals surface area (Å²) in [6.45, 7) is 3.62. The molecular formula is C11H11BrN4O. The van der Waals surface area contributed by atoms with Gasteiger partial charge in [0.05, 0.1) is 6.04 Å². The lowest BCUT2D eigenvalue weighted by molar-refractivity contribution is 0.355. The molecule has 0 amide bonds. The number of nitrogens with two attached hydrogens (primary N) is 1. The van der Waals surface area contributed by atoms with E-state index in [1.807, 2.05) is 12.1 Å². The van der Waals surface area contributed by atoms with Crippen molar-refractivity contribution in [1.29, 1.82) is 0 Å². The monoisotopic (exact) mass is 294 g/mol. The van der Waals surface area contributed by atoms with Crippen LogP contribution in [0.1, 0.15) is 18.4 Å². The molecule has 0 saturated carbocycles. The maximum absolute atomic E-state index is 5.84. The van der Waals surface area contributed by atoms with Gasteiger partial charge < -0.3 is 10.3 Å². The van der Waals surface area contributed by atoms with Crippen LogP contribution in [-0.4, -0.2) is 15.1 Å². The Balaban J connectivity index is 2.30. The Labute approximate surface area is 107 Å². The van der Waals surface area contributed by atoms with Gasteiger partial charge >= 0.3 is 0 Å². The highest BCUT2D eigenvalue weighted by Gasteiger charge is 2.16. The van der Waals surface area contributed by atoms with Crippen LogP contribution >= 0.6 is 15.9 Å². The molecule has 2 aromatic heterocycles. The molecule has 17 heavy (non-hydrogen) atoms. The number of halogens is 1. The van der Waals surface area contributed by atoms with Gasteiger partial charge in [0.2, 0.25) is 11.7 Å². The Morgan fingerprint density at radius 1 is 1.59 bits per heavy atom. The molecule has 1 atom stereocenters. The van der Waals surface area contributed by atoms with Crippen molar-refractivity contribution < 1.29 is 4.52 Å². The molecule has 2 heterocycles. The van der Waals surface area contributed by atoms with Gasteiger partial charge in [0.15, 0.2) is 0 Å². The zero-order valence-electron chi connectivity index (χ0n) is 9.01. The molecule has 0 spiro atoms. The summed E-state index contributed by atoms with van der Waals surface area (Å²) in [5.74, 6) is 0.810. The van der Waals surface area contributed by atoms with E-state index in [-0.39, 0.29) is 6.04 Å². The SMILES string of the molecule is C=CCC(N)c1nc(-c2ncccc2Br)no1. The Hall–Kier alpha value is -1.53. The molecule has 0 saturated heterocycles. The molecule has 0 aliphatic carbocycles. The quantitative estimate of drug-likeness (QED) is 0.877. The summed E-state index contributed by atoms with van der Waals surface area (Å²) in [6, 6.07) is 3.36. The number of aromatic nitrogens is 3. The molecule has 0 aromatic carbocycles. The molecule has 6 heteroatoms. The molecule has 0 bridgehead atoms. The van der Waals surface area contributed by atoms with E-state index in [1.165, 1.54) is 0 Å². The summed E-state index contributed by atoms with van der Waals surface area (Å²) in [5, 5.41) is 3.86. The molecule has 0 fully saturated rings. The third kappa shape index (κ3) is 2.59. The Kier molecular flexibility index (Phi) is 3.65. The maximum Gasteiger partial charge on any atom is 0.244 e. The van der Waals surface area contributed by atoms with E-state index in [0.717, 1.165) is 4.47 Å². The highest BCUT2D eigenvalue weighted by Crippen LogP contribution is 2.24. The lowest BCUT2D eigenvalue weighted by atomic mass is 10.2. The third-order valence-electron chi connectivity index (χ3n) is 2.15. The molecule has 2 rings (SSSR count). The first-order chi connectivity index (χ1) is 8.22. The summed E-state index contributed by atoms with van der Waals surface area (Å²) in [5.41, 5.74) is 6.47. The van der Waals surface area contributed by atoms with Crippen molar-refractivity contribution in [3.05, 3.63) is 41.3 Å². The first kappa shape index (κ1) is 11.9. The van der Waals surface area contributed by atoms with Gasteiger partial charge in [0.25, 0.3) is 0 Å². The topological polar surface area (TPSA) is 77.8 Å². The smallest absolute Gasteiger partial charge is 0.244 e. The standard InChI is InChI=1S/C11H11BrN4O/c1-2-4-8(13)11-15-10(16-17-11)9-7(12)5-3-6-14-9/h2-3,5-6,8H,1,4,13H2. The summed E-state index contributed by atoms with van der Waals surface area (Å²) in [6.07, 6.45) is 3.97. The maximum atomic E-state index is 5.84. The summed E-state index contributed by atoms with van der Waals surface area (Å²) in [7, 11) is 0. The van der Waals surface area contributed by atoms with Gasteiger partial charge in [-0.3, -0.25) is 4.98 Å². The van der Waals surface area contributed by atoms with Crippen molar-refractivity contribution in [3.8, 4) is 11.5 Å². The van der Waals surface area contributed by atoms with Crippen molar-refractivity contribution >= 4 is 15.9 Å². The zero-order valence-corrected chi connectivity index (χ0v) is 10.6. The fourth-order valence-electron chi connectivity index (χ4n) is 1.31. The second kappa shape index (κ2) is 5.20. The van der Waals surface area contributed by atoms with Gasteiger partial charge in [0.1, 0.15) is 5.69 Å². The fourth-order valence-corrected chi connectivity index (χ4v) is 1.74. The van der Waals surface area contributed by atoms with E-state index < -0.39 is 0 Å². The minimum absolute atomic E-state index is 0.323. The van der Waals surface area contributed by atoms with Crippen molar-refractivity contribution in [2.24, 2.45) is 5.73 Å². The van der Waals surface area contributed by atoms with E-state index >= 15 is 0 Å². The van der Waals surface area contributed by atoms with E-state index in [2.05, 4.69) is 37.6 Å². The Bertz CT molecular complexity index is 526. The first-order valence-electron chi connectivity index (χ1n) is 5.03. The average molecular weight is 295 g/mol. The van der Waals surface area contributed by atoms with Gasteiger partial charge in [-0.2, -0.15) is 4.98 Å². The van der Waals surface area contributed by atoms with Crippen LogP contribution in [0, 0.1) is 0 Å². The van der Waals surface area contributed by atoms with Gasteiger partial charge in [-0.1, -0.05) is 11.2 Å².